The van der Waals surface area contributed by atoms with E-state index < -0.39 is 23.7 Å². The first-order valence-electron chi connectivity index (χ1n) is 10.3. The normalized spacial score (nSPS) is 11.9. The van der Waals surface area contributed by atoms with E-state index in [-0.39, 0.29) is 12.3 Å². The van der Waals surface area contributed by atoms with Crippen molar-refractivity contribution in [3.63, 3.8) is 0 Å². The zero-order valence-electron chi connectivity index (χ0n) is 18.4. The Bertz CT molecular complexity index is 1160. The van der Waals surface area contributed by atoms with E-state index in [9.17, 15) is 22.8 Å². The van der Waals surface area contributed by atoms with Gasteiger partial charge in [-0.3, -0.25) is 9.59 Å². The maximum atomic E-state index is 13.0. The van der Waals surface area contributed by atoms with Crippen molar-refractivity contribution in [2.45, 2.75) is 18.6 Å². The fraction of sp³-hybridized carbons (Fsp3) is 0.154. The molecule has 2 amide bonds. The highest BCUT2D eigenvalue weighted by Crippen LogP contribution is 2.31. The summed E-state index contributed by atoms with van der Waals surface area (Å²) in [6.07, 6.45) is -3.39. The third-order valence-corrected chi connectivity index (χ3v) is 5.14. The van der Waals surface area contributed by atoms with E-state index in [2.05, 4.69) is 17.2 Å². The average Bonchev–Trinajstić information content (AvgIpc) is 2.83. The summed E-state index contributed by atoms with van der Waals surface area (Å²) < 4.78 is 44.2. The van der Waals surface area contributed by atoms with Gasteiger partial charge in [-0.15, -0.1) is 0 Å². The summed E-state index contributed by atoms with van der Waals surface area (Å²) in [4.78, 5) is 24.7. The number of methoxy groups -OCH3 is 1. The van der Waals surface area contributed by atoms with Crippen molar-refractivity contribution in [1.82, 2.24) is 5.32 Å². The van der Waals surface area contributed by atoms with Crippen molar-refractivity contribution in [3.05, 3.63) is 108 Å². The Morgan fingerprint density at radius 2 is 1.56 bits per heavy atom. The first-order valence-corrected chi connectivity index (χ1v) is 10.3. The number of para-hydroxylation sites is 1. The number of amides is 2. The van der Waals surface area contributed by atoms with Crippen molar-refractivity contribution in [3.8, 4) is 5.75 Å². The molecule has 0 fully saturated rings. The van der Waals surface area contributed by atoms with E-state index in [1.54, 1.807) is 48.5 Å². The first kappa shape index (κ1) is 24.6. The van der Waals surface area contributed by atoms with Gasteiger partial charge in [-0.25, -0.2) is 0 Å². The van der Waals surface area contributed by atoms with Crippen molar-refractivity contribution in [2.24, 2.45) is 0 Å². The summed E-state index contributed by atoms with van der Waals surface area (Å²) >= 11 is 0. The topological polar surface area (TPSA) is 67.4 Å². The number of alkyl halides is 3. The molecule has 0 aliphatic rings. The molecule has 8 heteroatoms. The lowest BCUT2D eigenvalue weighted by Gasteiger charge is -2.21. The Labute approximate surface area is 195 Å². The molecule has 3 aromatic rings. The standard InChI is InChI=1S/C26H23F3N2O3/c1-3-23(32)30-22-7-5-4-6-19(22)16-24(33)31-25(18-10-14-21(34-2)15-11-18)17-8-12-20(13-9-17)26(27,28)29/h3-15,25H,1,16H2,2H3,(H,30,32)(H,31,33). The molecular weight excluding hydrogens is 445 g/mol. The Balaban J connectivity index is 1.88. The van der Waals surface area contributed by atoms with Gasteiger partial charge in [0.1, 0.15) is 5.75 Å². The van der Waals surface area contributed by atoms with Crippen LogP contribution in [0.25, 0.3) is 0 Å². The van der Waals surface area contributed by atoms with Crippen LogP contribution < -0.4 is 15.4 Å². The lowest BCUT2D eigenvalue weighted by Crippen LogP contribution is -2.31. The second-order valence-corrected chi connectivity index (χ2v) is 7.42. The largest absolute Gasteiger partial charge is 0.497 e. The van der Waals surface area contributed by atoms with E-state index in [1.165, 1.54) is 19.2 Å². The molecule has 0 heterocycles. The van der Waals surface area contributed by atoms with Gasteiger partial charge in [0.15, 0.2) is 0 Å². The van der Waals surface area contributed by atoms with Gasteiger partial charge in [0, 0.05) is 5.69 Å². The molecule has 5 nitrogen and oxygen atoms in total. The smallest absolute Gasteiger partial charge is 0.416 e. The second-order valence-electron chi connectivity index (χ2n) is 7.42. The van der Waals surface area contributed by atoms with Gasteiger partial charge in [0.25, 0.3) is 0 Å². The first-order chi connectivity index (χ1) is 16.2. The highest BCUT2D eigenvalue weighted by molar-refractivity contribution is 5.99. The molecular formula is C26H23F3N2O3. The SMILES string of the molecule is C=CC(=O)Nc1ccccc1CC(=O)NC(c1ccc(OC)cc1)c1ccc(C(F)(F)F)cc1. The summed E-state index contributed by atoms with van der Waals surface area (Å²) in [7, 11) is 1.52. The molecule has 2 N–H and O–H groups in total. The highest BCUT2D eigenvalue weighted by Gasteiger charge is 2.30. The third-order valence-electron chi connectivity index (χ3n) is 5.14. The molecule has 0 saturated heterocycles. The molecule has 0 aromatic heterocycles. The Morgan fingerprint density at radius 3 is 2.12 bits per heavy atom. The molecule has 0 radical (unpaired) electrons. The van der Waals surface area contributed by atoms with Gasteiger partial charge in [0.05, 0.1) is 25.1 Å². The summed E-state index contributed by atoms with van der Waals surface area (Å²) in [5.74, 6) is -0.178. The van der Waals surface area contributed by atoms with Crippen LogP contribution in [0, 0.1) is 0 Å². The quantitative estimate of drug-likeness (QED) is 0.442. The molecule has 3 rings (SSSR count). The molecule has 176 valence electrons. The third kappa shape index (κ3) is 6.25. The lowest BCUT2D eigenvalue weighted by molar-refractivity contribution is -0.137. The summed E-state index contributed by atoms with van der Waals surface area (Å²) in [6.45, 7) is 3.42. The molecule has 0 aliphatic carbocycles. The van der Waals surface area contributed by atoms with Gasteiger partial charge in [-0.1, -0.05) is 49.0 Å². The van der Waals surface area contributed by atoms with E-state index in [4.69, 9.17) is 4.74 Å². The number of ether oxygens (including phenoxy) is 1. The van der Waals surface area contributed by atoms with E-state index in [1.807, 2.05) is 0 Å². The van der Waals surface area contributed by atoms with Gasteiger partial charge >= 0.3 is 6.18 Å². The van der Waals surface area contributed by atoms with Gasteiger partial charge in [0.2, 0.25) is 11.8 Å². The van der Waals surface area contributed by atoms with E-state index >= 15 is 0 Å². The maximum absolute atomic E-state index is 13.0. The minimum absolute atomic E-state index is 0.0547. The predicted molar refractivity (Wildman–Crippen MR) is 123 cm³/mol. The molecule has 0 spiro atoms. The van der Waals surface area contributed by atoms with Gasteiger partial charge < -0.3 is 15.4 Å². The van der Waals surface area contributed by atoms with Crippen LogP contribution in [0.2, 0.25) is 0 Å². The van der Waals surface area contributed by atoms with Crippen LogP contribution in [0.15, 0.2) is 85.5 Å². The van der Waals surface area contributed by atoms with Crippen molar-refractivity contribution < 1.29 is 27.5 Å². The minimum Gasteiger partial charge on any atom is -0.497 e. The van der Waals surface area contributed by atoms with Crippen molar-refractivity contribution in [1.29, 1.82) is 0 Å². The van der Waals surface area contributed by atoms with Gasteiger partial charge in [-0.05, 0) is 53.1 Å². The molecule has 0 aliphatic heterocycles. The number of carbonyl (C=O) groups excluding carboxylic acids is 2. The van der Waals surface area contributed by atoms with Crippen molar-refractivity contribution >= 4 is 17.5 Å². The van der Waals surface area contributed by atoms with Crippen LogP contribution in [-0.2, 0) is 22.2 Å². The molecule has 0 bridgehead atoms. The second kappa shape index (κ2) is 10.7. The number of halogens is 3. The summed E-state index contributed by atoms with van der Waals surface area (Å²) in [5.41, 5.74) is 1.43. The summed E-state index contributed by atoms with van der Waals surface area (Å²) in [6, 6.07) is 17.7. The average molecular weight is 468 g/mol. The number of carbonyl (C=O) groups is 2. The van der Waals surface area contributed by atoms with Gasteiger partial charge in [-0.2, -0.15) is 13.2 Å². The summed E-state index contributed by atoms with van der Waals surface area (Å²) in [5, 5.41) is 5.55. The molecule has 0 saturated carbocycles. The highest BCUT2D eigenvalue weighted by atomic mass is 19.4. The molecule has 3 aromatic carbocycles. The number of anilines is 1. The molecule has 1 unspecified atom stereocenters. The van der Waals surface area contributed by atoms with Crippen molar-refractivity contribution in [2.75, 3.05) is 12.4 Å². The molecule has 34 heavy (non-hydrogen) atoms. The Morgan fingerprint density at radius 1 is 0.971 bits per heavy atom. The Kier molecular flexibility index (Phi) is 7.73. The maximum Gasteiger partial charge on any atom is 0.416 e. The van der Waals surface area contributed by atoms with Crippen LogP contribution >= 0.6 is 0 Å². The van der Waals surface area contributed by atoms with Crippen LogP contribution in [0.5, 0.6) is 5.75 Å². The zero-order chi connectivity index (χ0) is 24.7. The zero-order valence-corrected chi connectivity index (χ0v) is 18.4. The fourth-order valence-corrected chi connectivity index (χ4v) is 3.39. The minimum atomic E-state index is -4.46. The Hall–Kier alpha value is -4.07. The number of nitrogens with one attached hydrogen (secondary N) is 2. The fourth-order valence-electron chi connectivity index (χ4n) is 3.39. The lowest BCUT2D eigenvalue weighted by atomic mass is 9.97. The van der Waals surface area contributed by atoms with Crippen LogP contribution in [0.4, 0.5) is 18.9 Å². The van der Waals surface area contributed by atoms with E-state index in [0.29, 0.717) is 28.1 Å². The number of rotatable bonds is 8. The van der Waals surface area contributed by atoms with E-state index in [0.717, 1.165) is 18.2 Å². The monoisotopic (exact) mass is 468 g/mol. The number of hydrogen-bond donors (Lipinski definition) is 2. The van der Waals surface area contributed by atoms with Crippen LogP contribution in [0.3, 0.4) is 0 Å². The van der Waals surface area contributed by atoms with Crippen LogP contribution in [0.1, 0.15) is 28.3 Å². The molecule has 1 atom stereocenters. The predicted octanol–water partition coefficient (Wildman–Crippen LogP) is 5.29. The number of benzene rings is 3. The van der Waals surface area contributed by atoms with Crippen LogP contribution in [-0.4, -0.2) is 18.9 Å². The number of hydrogen-bond acceptors (Lipinski definition) is 3.